The highest BCUT2D eigenvalue weighted by Gasteiger charge is 2.27. The predicted octanol–water partition coefficient (Wildman–Crippen LogP) is 1.61. The summed E-state index contributed by atoms with van der Waals surface area (Å²) < 4.78 is 5.29. The van der Waals surface area contributed by atoms with E-state index in [-0.39, 0.29) is 5.69 Å². The monoisotopic (exact) mass is 223 g/mol. The van der Waals surface area contributed by atoms with Gasteiger partial charge in [0.15, 0.2) is 6.23 Å². The average molecular weight is 223 g/mol. The molecule has 0 aliphatic carbocycles. The Labute approximate surface area is 90.7 Å². The van der Waals surface area contributed by atoms with Crippen molar-refractivity contribution in [2.24, 2.45) is 5.29 Å². The van der Waals surface area contributed by atoms with Gasteiger partial charge in [0.2, 0.25) is 0 Å². The van der Waals surface area contributed by atoms with E-state index in [4.69, 9.17) is 4.74 Å². The largest absolute Gasteiger partial charge is 0.351 e. The lowest BCUT2D eigenvalue weighted by Gasteiger charge is -2.16. The van der Waals surface area contributed by atoms with Crippen LogP contribution in [0.15, 0.2) is 29.6 Å². The smallest absolute Gasteiger partial charge is 0.269 e. The Balaban J connectivity index is 2.29. The zero-order chi connectivity index (χ0) is 11.5. The molecule has 0 saturated carbocycles. The van der Waals surface area contributed by atoms with Gasteiger partial charge in [0.1, 0.15) is 0 Å². The van der Waals surface area contributed by atoms with Gasteiger partial charge in [0.25, 0.3) is 5.69 Å². The molecule has 16 heavy (non-hydrogen) atoms. The Kier molecular flexibility index (Phi) is 2.78. The number of rotatable bonds is 3. The zero-order valence-corrected chi connectivity index (χ0v) is 8.28. The molecule has 7 heteroatoms. The number of ether oxygens (including phenoxy) is 1. The number of nitro benzene ring substituents is 1. The molecule has 0 aromatic heterocycles. The molecule has 2 rings (SSSR count). The molecule has 1 heterocycles. The maximum Gasteiger partial charge on any atom is 0.269 e. The minimum Gasteiger partial charge on any atom is -0.351 e. The number of non-ortho nitro benzene ring substituents is 1. The molecule has 0 spiro atoms. The van der Waals surface area contributed by atoms with Crippen LogP contribution in [-0.2, 0) is 4.74 Å². The fraction of sp³-hybridized carbons (Fsp3) is 0.333. The van der Waals surface area contributed by atoms with E-state index in [1.54, 1.807) is 12.1 Å². The molecule has 1 aromatic carbocycles. The highest BCUT2D eigenvalue weighted by molar-refractivity contribution is 5.35. The first-order chi connectivity index (χ1) is 7.72. The van der Waals surface area contributed by atoms with E-state index in [0.29, 0.717) is 18.7 Å². The summed E-state index contributed by atoms with van der Waals surface area (Å²) in [5.74, 6) is 0. The van der Waals surface area contributed by atoms with Gasteiger partial charge in [0.05, 0.1) is 23.4 Å². The molecule has 1 fully saturated rings. The van der Waals surface area contributed by atoms with Gasteiger partial charge in [-0.25, -0.2) is 5.01 Å². The number of hydrogen-bond donors (Lipinski definition) is 0. The molecular formula is C9H9N3O4. The maximum atomic E-state index is 10.6. The Morgan fingerprint density at radius 3 is 3.06 bits per heavy atom. The summed E-state index contributed by atoms with van der Waals surface area (Å²) >= 11 is 0. The number of nitroso groups, excluding NO2 is 1. The van der Waals surface area contributed by atoms with Crippen molar-refractivity contribution in [3.05, 3.63) is 44.9 Å². The second kappa shape index (κ2) is 4.23. The predicted molar refractivity (Wildman–Crippen MR) is 54.3 cm³/mol. The molecule has 0 bridgehead atoms. The van der Waals surface area contributed by atoms with Crippen LogP contribution in [0.4, 0.5) is 5.69 Å². The molecule has 1 aliphatic rings. The molecule has 0 N–H and O–H groups in total. The molecule has 1 saturated heterocycles. The van der Waals surface area contributed by atoms with Gasteiger partial charge < -0.3 is 4.74 Å². The summed E-state index contributed by atoms with van der Waals surface area (Å²) in [6.45, 7) is 0.788. The van der Waals surface area contributed by atoms with Crippen LogP contribution >= 0.6 is 0 Å². The van der Waals surface area contributed by atoms with Crippen molar-refractivity contribution in [3.63, 3.8) is 0 Å². The Hall–Kier alpha value is -2.02. The zero-order valence-electron chi connectivity index (χ0n) is 8.28. The van der Waals surface area contributed by atoms with Crippen molar-refractivity contribution in [3.8, 4) is 0 Å². The van der Waals surface area contributed by atoms with Crippen LogP contribution in [0, 0.1) is 15.0 Å². The standard InChI is InChI=1S/C9H9N3O4/c13-10-11-4-5-16-9(11)7-2-1-3-8(6-7)12(14)15/h1-3,6,9H,4-5H2. The molecular weight excluding hydrogens is 214 g/mol. The van der Waals surface area contributed by atoms with E-state index >= 15 is 0 Å². The quantitative estimate of drug-likeness (QED) is 0.441. The van der Waals surface area contributed by atoms with Gasteiger partial charge in [-0.15, -0.1) is 4.91 Å². The third kappa shape index (κ3) is 1.84. The summed E-state index contributed by atoms with van der Waals surface area (Å²) in [5.41, 5.74) is 0.533. The maximum absolute atomic E-state index is 10.6. The Morgan fingerprint density at radius 1 is 1.56 bits per heavy atom. The molecule has 1 aromatic rings. The van der Waals surface area contributed by atoms with Crippen LogP contribution in [-0.4, -0.2) is 23.1 Å². The molecule has 7 nitrogen and oxygen atoms in total. The van der Waals surface area contributed by atoms with Crippen LogP contribution in [0.25, 0.3) is 0 Å². The molecule has 1 aliphatic heterocycles. The molecule has 1 unspecified atom stereocenters. The highest BCUT2D eigenvalue weighted by Crippen LogP contribution is 2.28. The van der Waals surface area contributed by atoms with Crippen molar-refractivity contribution in [2.45, 2.75) is 6.23 Å². The third-order valence-electron chi connectivity index (χ3n) is 2.34. The second-order valence-electron chi connectivity index (χ2n) is 3.32. The van der Waals surface area contributed by atoms with Crippen molar-refractivity contribution in [2.75, 3.05) is 13.2 Å². The number of nitrogens with zero attached hydrogens (tertiary/aromatic N) is 3. The fourth-order valence-corrected chi connectivity index (χ4v) is 1.61. The number of hydrogen-bond acceptors (Lipinski definition) is 5. The summed E-state index contributed by atoms with van der Waals surface area (Å²) in [7, 11) is 0. The van der Waals surface area contributed by atoms with Crippen molar-refractivity contribution < 1.29 is 9.66 Å². The van der Waals surface area contributed by atoms with Crippen LogP contribution in [0.2, 0.25) is 0 Å². The first kappa shape index (κ1) is 10.5. The van der Waals surface area contributed by atoms with E-state index in [9.17, 15) is 15.0 Å². The van der Waals surface area contributed by atoms with Crippen molar-refractivity contribution >= 4 is 5.69 Å². The molecule has 0 amide bonds. The summed E-state index contributed by atoms with van der Waals surface area (Å²) in [6, 6.07) is 5.99. The lowest BCUT2D eigenvalue weighted by Crippen LogP contribution is -2.16. The van der Waals surface area contributed by atoms with Crippen LogP contribution in [0.1, 0.15) is 11.8 Å². The third-order valence-corrected chi connectivity index (χ3v) is 2.34. The van der Waals surface area contributed by atoms with Gasteiger partial charge in [0, 0.05) is 17.7 Å². The topological polar surface area (TPSA) is 85.0 Å². The summed E-state index contributed by atoms with van der Waals surface area (Å²) in [5, 5.41) is 14.6. The second-order valence-corrected chi connectivity index (χ2v) is 3.32. The average Bonchev–Trinajstić information content (AvgIpc) is 2.77. The Morgan fingerprint density at radius 2 is 2.38 bits per heavy atom. The first-order valence-electron chi connectivity index (χ1n) is 4.68. The fourth-order valence-electron chi connectivity index (χ4n) is 1.61. The van der Waals surface area contributed by atoms with Gasteiger partial charge in [-0.1, -0.05) is 12.1 Å². The molecule has 1 atom stereocenters. The van der Waals surface area contributed by atoms with Gasteiger partial charge in [-0.05, 0) is 0 Å². The van der Waals surface area contributed by atoms with Crippen molar-refractivity contribution in [1.29, 1.82) is 0 Å². The molecule has 84 valence electrons. The summed E-state index contributed by atoms with van der Waals surface area (Å²) in [4.78, 5) is 20.6. The van der Waals surface area contributed by atoms with Gasteiger partial charge >= 0.3 is 0 Å². The van der Waals surface area contributed by atoms with E-state index < -0.39 is 11.2 Å². The number of benzene rings is 1. The highest BCUT2D eigenvalue weighted by atomic mass is 16.6. The number of nitro groups is 1. The van der Waals surface area contributed by atoms with Crippen LogP contribution in [0.5, 0.6) is 0 Å². The molecule has 0 radical (unpaired) electrons. The minimum absolute atomic E-state index is 0.0288. The minimum atomic E-state index is -0.614. The van der Waals surface area contributed by atoms with Crippen LogP contribution in [0.3, 0.4) is 0 Å². The van der Waals surface area contributed by atoms with E-state index in [0.717, 1.165) is 0 Å². The van der Waals surface area contributed by atoms with Crippen LogP contribution < -0.4 is 0 Å². The van der Waals surface area contributed by atoms with Crippen molar-refractivity contribution in [1.82, 2.24) is 5.01 Å². The normalized spacial score (nSPS) is 19.8. The van der Waals surface area contributed by atoms with E-state index in [1.165, 1.54) is 17.1 Å². The van der Waals surface area contributed by atoms with E-state index in [1.807, 2.05) is 0 Å². The lowest BCUT2D eigenvalue weighted by atomic mass is 10.2. The summed E-state index contributed by atoms with van der Waals surface area (Å²) in [6.07, 6.45) is -0.614. The van der Waals surface area contributed by atoms with Gasteiger partial charge in [-0.3, -0.25) is 10.1 Å². The Bertz CT molecular complexity index is 423. The first-order valence-corrected chi connectivity index (χ1v) is 4.68. The van der Waals surface area contributed by atoms with Gasteiger partial charge in [-0.2, -0.15) is 0 Å². The van der Waals surface area contributed by atoms with E-state index in [2.05, 4.69) is 5.29 Å². The lowest BCUT2D eigenvalue weighted by molar-refractivity contribution is -0.385. The SMILES string of the molecule is O=NN1CCOC1c1cccc([N+](=O)[O-])c1.